The number of aryl methyl sites for hydroxylation is 1. The summed E-state index contributed by atoms with van der Waals surface area (Å²) in [6, 6.07) is 2.60. The number of hydrogen-bond acceptors (Lipinski definition) is 6. The quantitative estimate of drug-likeness (QED) is 0.428. The van der Waals surface area contributed by atoms with Gasteiger partial charge in [-0.2, -0.15) is 11.8 Å². The summed E-state index contributed by atoms with van der Waals surface area (Å²) in [5.41, 5.74) is 0.545. The van der Waals surface area contributed by atoms with Crippen LogP contribution in [0.1, 0.15) is 12.5 Å². The van der Waals surface area contributed by atoms with E-state index in [9.17, 15) is 18.5 Å². The molecular weight excluding hydrogens is 314 g/mol. The SMILES string of the molecule is CCNc1cc(C)c(S(=O)(=O)NCCSC)cc1[N+](=O)[O-]. The predicted molar refractivity (Wildman–Crippen MR) is 85.6 cm³/mol. The third-order valence-corrected chi connectivity index (χ3v) is 4.96. The zero-order chi connectivity index (χ0) is 16.0. The van der Waals surface area contributed by atoms with Gasteiger partial charge in [0.15, 0.2) is 0 Å². The van der Waals surface area contributed by atoms with E-state index in [1.807, 2.05) is 13.2 Å². The van der Waals surface area contributed by atoms with E-state index in [4.69, 9.17) is 0 Å². The maximum absolute atomic E-state index is 12.2. The molecule has 0 bridgehead atoms. The molecule has 2 N–H and O–H groups in total. The minimum atomic E-state index is -3.75. The molecule has 21 heavy (non-hydrogen) atoms. The normalized spacial score (nSPS) is 11.4. The van der Waals surface area contributed by atoms with Crippen molar-refractivity contribution in [1.29, 1.82) is 0 Å². The van der Waals surface area contributed by atoms with Gasteiger partial charge in [0.2, 0.25) is 10.0 Å². The van der Waals surface area contributed by atoms with Crippen molar-refractivity contribution < 1.29 is 13.3 Å². The molecule has 118 valence electrons. The van der Waals surface area contributed by atoms with E-state index < -0.39 is 14.9 Å². The number of benzene rings is 1. The van der Waals surface area contributed by atoms with Crippen LogP contribution in [-0.4, -0.2) is 38.4 Å². The summed E-state index contributed by atoms with van der Waals surface area (Å²) < 4.78 is 26.9. The molecule has 0 radical (unpaired) electrons. The van der Waals surface area contributed by atoms with E-state index in [0.717, 1.165) is 6.07 Å². The Bertz CT molecular complexity index is 617. The molecule has 0 saturated carbocycles. The van der Waals surface area contributed by atoms with Crippen LogP contribution in [-0.2, 0) is 10.0 Å². The van der Waals surface area contributed by atoms with E-state index in [-0.39, 0.29) is 17.1 Å². The lowest BCUT2D eigenvalue weighted by atomic mass is 10.2. The van der Waals surface area contributed by atoms with Crippen molar-refractivity contribution in [2.24, 2.45) is 0 Å². The molecule has 0 aliphatic heterocycles. The molecule has 0 unspecified atom stereocenters. The van der Waals surface area contributed by atoms with E-state index >= 15 is 0 Å². The van der Waals surface area contributed by atoms with Gasteiger partial charge in [-0.25, -0.2) is 13.1 Å². The monoisotopic (exact) mass is 333 g/mol. The molecule has 0 saturated heterocycles. The van der Waals surface area contributed by atoms with Gasteiger partial charge in [-0.15, -0.1) is 0 Å². The third-order valence-electron chi connectivity index (χ3n) is 2.74. The second-order valence-corrected chi connectivity index (χ2v) is 7.03. The lowest BCUT2D eigenvalue weighted by molar-refractivity contribution is -0.384. The summed E-state index contributed by atoms with van der Waals surface area (Å²) in [5, 5.41) is 14.0. The second kappa shape index (κ2) is 7.62. The topological polar surface area (TPSA) is 101 Å². The molecule has 9 heteroatoms. The number of nitrogens with one attached hydrogen (secondary N) is 2. The molecule has 0 fully saturated rings. The fourth-order valence-electron chi connectivity index (χ4n) is 1.81. The van der Waals surface area contributed by atoms with Gasteiger partial charge in [0.05, 0.1) is 9.82 Å². The number of sulfonamides is 1. The van der Waals surface area contributed by atoms with Crippen molar-refractivity contribution in [2.45, 2.75) is 18.7 Å². The van der Waals surface area contributed by atoms with Crippen molar-refractivity contribution in [3.05, 3.63) is 27.8 Å². The number of anilines is 1. The molecule has 1 aromatic carbocycles. The van der Waals surface area contributed by atoms with Crippen LogP contribution >= 0.6 is 11.8 Å². The van der Waals surface area contributed by atoms with E-state index in [2.05, 4.69) is 10.0 Å². The first kappa shape index (κ1) is 17.7. The van der Waals surface area contributed by atoms with Crippen molar-refractivity contribution >= 4 is 33.2 Å². The zero-order valence-electron chi connectivity index (χ0n) is 12.2. The number of rotatable bonds is 8. The van der Waals surface area contributed by atoms with Gasteiger partial charge >= 0.3 is 0 Å². The maximum Gasteiger partial charge on any atom is 0.293 e. The Morgan fingerprint density at radius 1 is 1.38 bits per heavy atom. The highest BCUT2D eigenvalue weighted by Crippen LogP contribution is 2.30. The smallest absolute Gasteiger partial charge is 0.293 e. The van der Waals surface area contributed by atoms with Crippen molar-refractivity contribution in [3.63, 3.8) is 0 Å². The Balaban J connectivity index is 3.24. The molecule has 0 aliphatic carbocycles. The standard InChI is InChI=1S/C12H19N3O4S2/c1-4-13-10-7-9(2)12(8-11(10)15(16)17)21(18,19)14-5-6-20-3/h7-8,13-14H,4-6H2,1-3H3. The van der Waals surface area contributed by atoms with E-state index in [1.165, 1.54) is 17.8 Å². The minimum Gasteiger partial charge on any atom is -0.380 e. The highest BCUT2D eigenvalue weighted by Gasteiger charge is 2.23. The summed E-state index contributed by atoms with van der Waals surface area (Å²) in [7, 11) is -3.75. The molecule has 0 spiro atoms. The molecule has 0 atom stereocenters. The number of nitro benzene ring substituents is 1. The number of nitrogens with zero attached hydrogens (tertiary/aromatic N) is 1. The average molecular weight is 333 g/mol. The third kappa shape index (κ3) is 4.58. The molecule has 0 heterocycles. The minimum absolute atomic E-state index is 0.0584. The lowest BCUT2D eigenvalue weighted by Gasteiger charge is -2.12. The number of nitro groups is 1. The van der Waals surface area contributed by atoms with Gasteiger partial charge in [-0.05, 0) is 31.7 Å². The van der Waals surface area contributed by atoms with Crippen LogP contribution < -0.4 is 10.0 Å². The molecular formula is C12H19N3O4S2. The first-order valence-corrected chi connectivity index (χ1v) is 9.22. The van der Waals surface area contributed by atoms with Gasteiger partial charge in [-0.1, -0.05) is 0 Å². The molecule has 0 aromatic heterocycles. The number of thioether (sulfide) groups is 1. The summed E-state index contributed by atoms with van der Waals surface area (Å²) in [6.07, 6.45) is 1.87. The fraction of sp³-hybridized carbons (Fsp3) is 0.500. The van der Waals surface area contributed by atoms with E-state index in [1.54, 1.807) is 6.92 Å². The van der Waals surface area contributed by atoms with Crippen LogP contribution in [0.15, 0.2) is 17.0 Å². The highest BCUT2D eigenvalue weighted by molar-refractivity contribution is 7.98. The van der Waals surface area contributed by atoms with Crippen molar-refractivity contribution in [3.8, 4) is 0 Å². The van der Waals surface area contributed by atoms with Crippen LogP contribution in [0.4, 0.5) is 11.4 Å². The molecule has 1 aromatic rings. The number of hydrogen-bond donors (Lipinski definition) is 2. The lowest BCUT2D eigenvalue weighted by Crippen LogP contribution is -2.26. The summed E-state index contributed by atoms with van der Waals surface area (Å²) in [4.78, 5) is 10.5. The first-order valence-electron chi connectivity index (χ1n) is 6.35. The fourth-order valence-corrected chi connectivity index (χ4v) is 3.52. The van der Waals surface area contributed by atoms with Gasteiger partial charge in [-0.3, -0.25) is 10.1 Å². The van der Waals surface area contributed by atoms with Crippen LogP contribution in [0.5, 0.6) is 0 Å². The van der Waals surface area contributed by atoms with Crippen LogP contribution in [0, 0.1) is 17.0 Å². The molecule has 0 aliphatic rings. The second-order valence-electron chi connectivity index (χ2n) is 4.31. The first-order chi connectivity index (χ1) is 9.83. The van der Waals surface area contributed by atoms with Crippen LogP contribution in [0.2, 0.25) is 0 Å². The Hall–Kier alpha value is -1.32. The molecule has 0 amide bonds. The Labute approximate surface area is 128 Å². The van der Waals surface area contributed by atoms with Gasteiger partial charge in [0.25, 0.3) is 5.69 Å². The van der Waals surface area contributed by atoms with Gasteiger partial charge in [0.1, 0.15) is 5.69 Å². The zero-order valence-corrected chi connectivity index (χ0v) is 13.8. The Morgan fingerprint density at radius 2 is 2.05 bits per heavy atom. The molecule has 7 nitrogen and oxygen atoms in total. The van der Waals surface area contributed by atoms with Gasteiger partial charge < -0.3 is 5.32 Å². The average Bonchev–Trinajstić information content (AvgIpc) is 2.38. The summed E-state index contributed by atoms with van der Waals surface area (Å²) in [6.45, 7) is 4.23. The van der Waals surface area contributed by atoms with E-state index in [0.29, 0.717) is 23.5 Å². The Kier molecular flexibility index (Phi) is 6.43. The van der Waals surface area contributed by atoms with Crippen LogP contribution in [0.25, 0.3) is 0 Å². The summed E-state index contributed by atoms with van der Waals surface area (Å²) in [5.74, 6) is 0.635. The summed E-state index contributed by atoms with van der Waals surface area (Å²) >= 11 is 1.51. The highest BCUT2D eigenvalue weighted by atomic mass is 32.2. The molecule has 1 rings (SSSR count). The maximum atomic E-state index is 12.2. The largest absolute Gasteiger partial charge is 0.380 e. The Morgan fingerprint density at radius 3 is 2.57 bits per heavy atom. The van der Waals surface area contributed by atoms with Gasteiger partial charge in [0, 0.05) is 24.9 Å². The van der Waals surface area contributed by atoms with Crippen LogP contribution in [0.3, 0.4) is 0 Å². The van der Waals surface area contributed by atoms with Crippen molar-refractivity contribution in [2.75, 3.05) is 30.4 Å². The predicted octanol–water partition coefficient (Wildman–Crippen LogP) is 1.98. The van der Waals surface area contributed by atoms with Crippen molar-refractivity contribution in [1.82, 2.24) is 4.72 Å².